The molecule has 25 heavy (non-hydrogen) atoms. The fourth-order valence-corrected chi connectivity index (χ4v) is 3.15. The summed E-state index contributed by atoms with van der Waals surface area (Å²) in [5.74, 6) is -0.145. The maximum absolute atomic E-state index is 12.3. The van der Waals surface area contributed by atoms with Crippen molar-refractivity contribution in [2.45, 2.75) is 31.8 Å². The maximum Gasteiger partial charge on any atom is 0.248 e. The van der Waals surface area contributed by atoms with Crippen LogP contribution in [-0.2, 0) is 11.3 Å². The van der Waals surface area contributed by atoms with Crippen LogP contribution in [0.15, 0.2) is 24.3 Å². The first-order valence-electron chi connectivity index (χ1n) is 8.75. The van der Waals surface area contributed by atoms with Gasteiger partial charge >= 0.3 is 0 Å². The highest BCUT2D eigenvalue weighted by Crippen LogP contribution is 2.28. The summed E-state index contributed by atoms with van der Waals surface area (Å²) in [5.41, 5.74) is 6.97. The van der Waals surface area contributed by atoms with Gasteiger partial charge in [-0.1, -0.05) is 12.1 Å². The number of nitrogens with zero attached hydrogens (tertiary/aromatic N) is 2. The van der Waals surface area contributed by atoms with E-state index in [0.717, 1.165) is 44.8 Å². The first-order chi connectivity index (χ1) is 11.6. The highest BCUT2D eigenvalue weighted by atomic mass is 35.5. The molecule has 138 valence electrons. The van der Waals surface area contributed by atoms with Gasteiger partial charge in [-0.3, -0.25) is 14.5 Å². The third kappa shape index (κ3) is 5.70. The van der Waals surface area contributed by atoms with Crippen molar-refractivity contribution in [3.63, 3.8) is 0 Å². The van der Waals surface area contributed by atoms with Crippen LogP contribution in [0.25, 0.3) is 0 Å². The monoisotopic (exact) mass is 366 g/mol. The zero-order valence-corrected chi connectivity index (χ0v) is 15.3. The minimum atomic E-state index is -0.401. The summed E-state index contributed by atoms with van der Waals surface area (Å²) in [6.45, 7) is 5.03. The van der Waals surface area contributed by atoms with Crippen molar-refractivity contribution in [3.8, 4) is 0 Å². The summed E-state index contributed by atoms with van der Waals surface area (Å²) in [5, 5.41) is 3.27. The summed E-state index contributed by atoms with van der Waals surface area (Å²) in [4.78, 5) is 27.8. The van der Waals surface area contributed by atoms with E-state index in [0.29, 0.717) is 18.0 Å². The number of rotatable bonds is 7. The lowest BCUT2D eigenvalue weighted by Gasteiger charge is -2.29. The van der Waals surface area contributed by atoms with Crippen molar-refractivity contribution in [1.82, 2.24) is 15.1 Å². The molecule has 2 amide bonds. The largest absolute Gasteiger partial charge is 0.366 e. The Bertz CT molecular complexity index is 583. The molecule has 2 aliphatic rings. The number of hydrogen-bond donors (Lipinski definition) is 2. The van der Waals surface area contributed by atoms with Crippen molar-refractivity contribution in [1.29, 1.82) is 0 Å². The Labute approximate surface area is 155 Å². The zero-order valence-electron chi connectivity index (χ0n) is 14.4. The molecule has 1 saturated carbocycles. The number of nitrogens with one attached hydrogen (secondary N) is 1. The smallest absolute Gasteiger partial charge is 0.248 e. The van der Waals surface area contributed by atoms with Gasteiger partial charge in [-0.2, -0.15) is 0 Å². The average molecular weight is 367 g/mol. The van der Waals surface area contributed by atoms with Crippen LogP contribution in [0.1, 0.15) is 35.2 Å². The van der Waals surface area contributed by atoms with Crippen LogP contribution in [0, 0.1) is 0 Å². The van der Waals surface area contributed by atoms with Gasteiger partial charge in [-0.25, -0.2) is 0 Å². The molecule has 1 aromatic carbocycles. The van der Waals surface area contributed by atoms with E-state index >= 15 is 0 Å². The van der Waals surface area contributed by atoms with E-state index in [1.807, 2.05) is 17.0 Å². The maximum atomic E-state index is 12.3. The highest BCUT2D eigenvalue weighted by Gasteiger charge is 2.29. The van der Waals surface area contributed by atoms with E-state index in [9.17, 15) is 9.59 Å². The molecule has 0 spiro atoms. The van der Waals surface area contributed by atoms with Gasteiger partial charge in [0.2, 0.25) is 11.8 Å². The molecule has 0 aromatic heterocycles. The van der Waals surface area contributed by atoms with Gasteiger partial charge in [-0.15, -0.1) is 12.4 Å². The van der Waals surface area contributed by atoms with Gasteiger partial charge < -0.3 is 16.0 Å². The van der Waals surface area contributed by atoms with Crippen LogP contribution in [-0.4, -0.2) is 60.4 Å². The molecule has 1 heterocycles. The standard InChI is InChI=1S/C18H26N4O2.ClH/c19-18(24)15-3-1-14(2-4-15)13-22(16-5-6-16)10-7-17(23)21-11-8-20-9-12-21;/h1-4,16,20H,5-13H2,(H2,19,24);1H. The highest BCUT2D eigenvalue weighted by molar-refractivity contribution is 5.92. The molecule has 0 atom stereocenters. The Morgan fingerprint density at radius 3 is 2.36 bits per heavy atom. The molecule has 1 saturated heterocycles. The number of halogens is 1. The molecule has 1 aliphatic carbocycles. The molecule has 0 radical (unpaired) electrons. The normalized spacial score (nSPS) is 17.2. The lowest BCUT2D eigenvalue weighted by atomic mass is 10.1. The van der Waals surface area contributed by atoms with E-state index < -0.39 is 5.91 Å². The molecule has 7 heteroatoms. The lowest BCUT2D eigenvalue weighted by Crippen LogP contribution is -2.47. The van der Waals surface area contributed by atoms with Gasteiger partial charge in [0.1, 0.15) is 0 Å². The van der Waals surface area contributed by atoms with Crippen molar-refractivity contribution in [2.24, 2.45) is 5.73 Å². The second-order valence-electron chi connectivity index (χ2n) is 6.64. The number of hydrogen-bond acceptors (Lipinski definition) is 4. The number of carbonyl (C=O) groups is 2. The number of piperazine rings is 1. The summed E-state index contributed by atoms with van der Waals surface area (Å²) in [7, 11) is 0. The zero-order chi connectivity index (χ0) is 16.9. The van der Waals surface area contributed by atoms with Crippen LogP contribution in [0.2, 0.25) is 0 Å². The van der Waals surface area contributed by atoms with Crippen LogP contribution in [0.3, 0.4) is 0 Å². The molecular weight excluding hydrogens is 340 g/mol. The molecule has 0 unspecified atom stereocenters. The van der Waals surface area contributed by atoms with Crippen LogP contribution >= 0.6 is 12.4 Å². The molecule has 3 N–H and O–H groups in total. The number of primary amides is 1. The van der Waals surface area contributed by atoms with Gasteiger partial charge in [0.05, 0.1) is 0 Å². The van der Waals surface area contributed by atoms with Gasteiger partial charge in [-0.05, 0) is 30.5 Å². The number of benzene rings is 1. The number of carbonyl (C=O) groups excluding carboxylic acids is 2. The van der Waals surface area contributed by atoms with E-state index in [4.69, 9.17) is 5.73 Å². The van der Waals surface area contributed by atoms with Crippen LogP contribution in [0.5, 0.6) is 0 Å². The molecule has 6 nitrogen and oxygen atoms in total. The minimum absolute atomic E-state index is 0. The summed E-state index contributed by atoms with van der Waals surface area (Å²) >= 11 is 0. The average Bonchev–Trinajstić information content (AvgIpc) is 3.44. The summed E-state index contributed by atoms with van der Waals surface area (Å²) in [6, 6.07) is 8.04. The predicted molar refractivity (Wildman–Crippen MR) is 99.7 cm³/mol. The van der Waals surface area contributed by atoms with E-state index in [1.165, 1.54) is 12.8 Å². The predicted octanol–water partition coefficient (Wildman–Crippen LogP) is 0.994. The molecule has 1 aromatic rings. The van der Waals surface area contributed by atoms with Crippen molar-refractivity contribution in [2.75, 3.05) is 32.7 Å². The van der Waals surface area contributed by atoms with Crippen LogP contribution in [0.4, 0.5) is 0 Å². The molecular formula is C18H27ClN4O2. The fraction of sp³-hybridized carbons (Fsp3) is 0.556. The number of amides is 2. The van der Waals surface area contributed by atoms with Gasteiger partial charge in [0, 0.05) is 57.3 Å². The Morgan fingerprint density at radius 2 is 1.80 bits per heavy atom. The lowest BCUT2D eigenvalue weighted by molar-refractivity contribution is -0.132. The second-order valence-corrected chi connectivity index (χ2v) is 6.64. The molecule has 3 rings (SSSR count). The quantitative estimate of drug-likeness (QED) is 0.754. The minimum Gasteiger partial charge on any atom is -0.366 e. The summed E-state index contributed by atoms with van der Waals surface area (Å²) < 4.78 is 0. The van der Waals surface area contributed by atoms with Gasteiger partial charge in [0.15, 0.2) is 0 Å². The van der Waals surface area contributed by atoms with E-state index in [1.54, 1.807) is 12.1 Å². The Kier molecular flexibility index (Phi) is 7.23. The first kappa shape index (κ1) is 19.7. The number of nitrogens with two attached hydrogens (primary N) is 1. The topological polar surface area (TPSA) is 78.7 Å². The Hall–Kier alpha value is -1.63. The second kappa shape index (κ2) is 9.17. The first-order valence-corrected chi connectivity index (χ1v) is 8.75. The SMILES string of the molecule is Cl.NC(=O)c1ccc(CN(CCC(=O)N2CCNCC2)C2CC2)cc1. The Balaban J connectivity index is 0.00000225. The van der Waals surface area contributed by atoms with E-state index in [2.05, 4.69) is 10.2 Å². The molecule has 2 fully saturated rings. The van der Waals surface area contributed by atoms with Crippen LogP contribution < -0.4 is 11.1 Å². The fourth-order valence-electron chi connectivity index (χ4n) is 3.15. The van der Waals surface area contributed by atoms with Gasteiger partial charge in [0.25, 0.3) is 0 Å². The van der Waals surface area contributed by atoms with Crippen molar-refractivity contribution < 1.29 is 9.59 Å². The summed E-state index contributed by atoms with van der Waals surface area (Å²) in [6.07, 6.45) is 3.00. The van der Waals surface area contributed by atoms with E-state index in [-0.39, 0.29) is 18.3 Å². The third-order valence-electron chi connectivity index (χ3n) is 4.77. The molecule has 1 aliphatic heterocycles. The molecule has 0 bridgehead atoms. The Morgan fingerprint density at radius 1 is 1.16 bits per heavy atom. The third-order valence-corrected chi connectivity index (χ3v) is 4.77. The van der Waals surface area contributed by atoms with Crippen molar-refractivity contribution in [3.05, 3.63) is 35.4 Å². The van der Waals surface area contributed by atoms with Crippen molar-refractivity contribution >= 4 is 24.2 Å².